The first-order valence-corrected chi connectivity index (χ1v) is 10.8. The average molecular weight is 441 g/mol. The standard InChI is InChI=1S/C21H34N4O4.CH3F/c1-16(26)23-19(21(27)28)10-13-25(14-15-29-2)12-4-3-7-18-9-8-17-6-5-11-22-20(17)24-18;1-2/h8-9,19H,3-7,10-15H2,1-2H3,(H,22,24)(H,23,26)(H,27,28);1H3. The lowest BCUT2D eigenvalue weighted by atomic mass is 10.1. The second-order valence-electron chi connectivity index (χ2n) is 7.51. The van der Waals surface area contributed by atoms with Gasteiger partial charge in [-0.05, 0) is 56.7 Å². The first kappa shape index (κ1) is 26.8. The molecule has 0 bridgehead atoms. The van der Waals surface area contributed by atoms with Crippen LogP contribution in [0.4, 0.5) is 10.2 Å². The number of carbonyl (C=O) groups is 2. The molecule has 0 spiro atoms. The zero-order valence-electron chi connectivity index (χ0n) is 19.0. The molecular formula is C22H37FN4O4. The van der Waals surface area contributed by atoms with E-state index in [1.165, 1.54) is 12.5 Å². The number of amides is 1. The van der Waals surface area contributed by atoms with Gasteiger partial charge in [0.05, 0.1) is 13.8 Å². The quantitative estimate of drug-likeness (QED) is 0.404. The minimum Gasteiger partial charge on any atom is -0.480 e. The SMILES string of the molecule is CF.COCCN(CCCCc1ccc2c(n1)NCCC2)CCC(NC(C)=O)C(=O)O. The molecule has 1 atom stereocenters. The Morgan fingerprint density at radius 2 is 2.06 bits per heavy atom. The Hall–Kier alpha value is -2.26. The average Bonchev–Trinajstić information content (AvgIpc) is 2.77. The first-order chi connectivity index (χ1) is 15.0. The molecular weight excluding hydrogens is 403 g/mol. The zero-order chi connectivity index (χ0) is 23.1. The molecule has 0 radical (unpaired) electrons. The van der Waals surface area contributed by atoms with E-state index in [4.69, 9.17) is 9.72 Å². The van der Waals surface area contributed by atoms with Crippen LogP contribution in [0.5, 0.6) is 0 Å². The summed E-state index contributed by atoms with van der Waals surface area (Å²) >= 11 is 0. The van der Waals surface area contributed by atoms with Crippen molar-refractivity contribution in [3.63, 3.8) is 0 Å². The molecule has 0 saturated carbocycles. The van der Waals surface area contributed by atoms with E-state index >= 15 is 0 Å². The van der Waals surface area contributed by atoms with Crippen LogP contribution in [0.1, 0.15) is 43.9 Å². The van der Waals surface area contributed by atoms with Crippen molar-refractivity contribution in [2.45, 2.75) is 51.5 Å². The number of rotatable bonds is 13. The largest absolute Gasteiger partial charge is 0.480 e. The van der Waals surface area contributed by atoms with E-state index in [0.717, 1.165) is 63.3 Å². The van der Waals surface area contributed by atoms with E-state index in [9.17, 15) is 19.1 Å². The van der Waals surface area contributed by atoms with E-state index in [1.54, 1.807) is 7.11 Å². The molecule has 8 nitrogen and oxygen atoms in total. The number of pyridine rings is 1. The van der Waals surface area contributed by atoms with E-state index in [2.05, 4.69) is 27.7 Å². The highest BCUT2D eigenvalue weighted by atomic mass is 19.1. The Kier molecular flexibility index (Phi) is 13.4. The molecule has 2 heterocycles. The summed E-state index contributed by atoms with van der Waals surface area (Å²) in [6.07, 6.45) is 5.57. The lowest BCUT2D eigenvalue weighted by Crippen LogP contribution is -2.42. The highest BCUT2D eigenvalue weighted by molar-refractivity contribution is 5.82. The normalized spacial score (nSPS) is 13.5. The fourth-order valence-corrected chi connectivity index (χ4v) is 3.52. The van der Waals surface area contributed by atoms with Gasteiger partial charge in [0.15, 0.2) is 0 Å². The van der Waals surface area contributed by atoms with Crippen LogP contribution in [0.15, 0.2) is 12.1 Å². The molecule has 31 heavy (non-hydrogen) atoms. The highest BCUT2D eigenvalue weighted by Gasteiger charge is 2.19. The number of fused-ring (bicyclic) bond motifs is 1. The molecule has 1 amide bonds. The molecule has 1 aliphatic heterocycles. The van der Waals surface area contributed by atoms with E-state index in [0.29, 0.717) is 26.7 Å². The molecule has 0 saturated heterocycles. The van der Waals surface area contributed by atoms with Crippen LogP contribution in [0.2, 0.25) is 0 Å². The number of carboxylic acids is 1. The number of nitrogens with one attached hydrogen (secondary N) is 2. The van der Waals surface area contributed by atoms with Gasteiger partial charge in [-0.25, -0.2) is 9.78 Å². The van der Waals surface area contributed by atoms with Gasteiger partial charge in [-0.15, -0.1) is 0 Å². The van der Waals surface area contributed by atoms with Gasteiger partial charge >= 0.3 is 5.97 Å². The van der Waals surface area contributed by atoms with Gasteiger partial charge in [0.1, 0.15) is 11.9 Å². The Morgan fingerprint density at radius 3 is 2.74 bits per heavy atom. The molecule has 0 aliphatic carbocycles. The Balaban J connectivity index is 0.00000233. The lowest BCUT2D eigenvalue weighted by Gasteiger charge is -2.24. The van der Waals surface area contributed by atoms with Gasteiger partial charge in [-0.2, -0.15) is 0 Å². The molecule has 176 valence electrons. The Morgan fingerprint density at radius 1 is 1.29 bits per heavy atom. The van der Waals surface area contributed by atoms with Crippen molar-refractivity contribution in [3.05, 3.63) is 23.4 Å². The predicted octanol–water partition coefficient (Wildman–Crippen LogP) is 2.28. The second kappa shape index (κ2) is 15.5. The van der Waals surface area contributed by atoms with Crippen molar-refractivity contribution in [1.29, 1.82) is 0 Å². The summed E-state index contributed by atoms with van der Waals surface area (Å²) in [5.74, 6) is -0.292. The Labute approximate surface area is 184 Å². The van der Waals surface area contributed by atoms with Gasteiger partial charge in [-0.1, -0.05) is 6.07 Å². The van der Waals surface area contributed by atoms with Gasteiger partial charge < -0.3 is 25.4 Å². The maximum atomic E-state index is 11.3. The maximum absolute atomic E-state index is 11.3. The number of carbonyl (C=O) groups excluding carboxylic acids is 1. The Bertz CT molecular complexity index is 675. The van der Waals surface area contributed by atoms with Crippen LogP contribution in [0.3, 0.4) is 0 Å². The smallest absolute Gasteiger partial charge is 0.326 e. The number of nitrogens with zero attached hydrogens (tertiary/aromatic N) is 2. The lowest BCUT2D eigenvalue weighted by molar-refractivity contribution is -0.141. The fraction of sp³-hybridized carbons (Fsp3) is 0.682. The van der Waals surface area contributed by atoms with Crippen molar-refractivity contribution in [1.82, 2.24) is 15.2 Å². The number of anilines is 1. The number of aliphatic carboxylic acids is 1. The van der Waals surface area contributed by atoms with Crippen LogP contribution in [0.25, 0.3) is 0 Å². The number of ether oxygens (including phenoxy) is 1. The minimum atomic E-state index is -1.00. The van der Waals surface area contributed by atoms with Crippen molar-refractivity contribution in [2.75, 3.05) is 52.4 Å². The second-order valence-corrected chi connectivity index (χ2v) is 7.51. The van der Waals surface area contributed by atoms with Crippen LogP contribution >= 0.6 is 0 Å². The first-order valence-electron chi connectivity index (χ1n) is 10.8. The van der Waals surface area contributed by atoms with Gasteiger partial charge in [-0.3, -0.25) is 9.18 Å². The van der Waals surface area contributed by atoms with Crippen LogP contribution in [0, 0.1) is 0 Å². The van der Waals surface area contributed by atoms with Crippen LogP contribution in [-0.4, -0.2) is 80.0 Å². The topological polar surface area (TPSA) is 104 Å². The number of aromatic nitrogens is 1. The third-order valence-electron chi connectivity index (χ3n) is 5.13. The summed E-state index contributed by atoms with van der Waals surface area (Å²) in [6, 6.07) is 3.45. The monoisotopic (exact) mass is 440 g/mol. The number of alkyl halides is 1. The van der Waals surface area contributed by atoms with E-state index < -0.39 is 12.0 Å². The molecule has 1 aromatic heterocycles. The highest BCUT2D eigenvalue weighted by Crippen LogP contribution is 2.20. The zero-order valence-corrected chi connectivity index (χ0v) is 19.0. The number of methoxy groups -OCH3 is 1. The molecule has 2 rings (SSSR count). The van der Waals surface area contributed by atoms with Crippen molar-refractivity contribution < 1.29 is 23.8 Å². The fourth-order valence-electron chi connectivity index (χ4n) is 3.52. The van der Waals surface area contributed by atoms with Gasteiger partial charge in [0.2, 0.25) is 5.91 Å². The van der Waals surface area contributed by atoms with Crippen molar-refractivity contribution in [2.24, 2.45) is 0 Å². The number of hydrogen-bond donors (Lipinski definition) is 3. The van der Waals surface area contributed by atoms with Crippen LogP contribution in [-0.2, 0) is 27.2 Å². The third kappa shape index (κ3) is 10.5. The van der Waals surface area contributed by atoms with Gasteiger partial charge in [0.25, 0.3) is 0 Å². The maximum Gasteiger partial charge on any atom is 0.326 e. The summed E-state index contributed by atoms with van der Waals surface area (Å²) in [7, 11) is 2.16. The molecule has 1 unspecified atom stereocenters. The summed E-state index contributed by atoms with van der Waals surface area (Å²) in [5, 5.41) is 15.1. The summed E-state index contributed by atoms with van der Waals surface area (Å²) in [5.41, 5.74) is 2.41. The van der Waals surface area contributed by atoms with E-state index in [-0.39, 0.29) is 5.91 Å². The number of carboxylic acid groups (broad SMARTS) is 1. The molecule has 1 aliphatic rings. The van der Waals surface area contributed by atoms with Crippen molar-refractivity contribution >= 4 is 17.7 Å². The number of hydrogen-bond acceptors (Lipinski definition) is 6. The van der Waals surface area contributed by atoms with E-state index in [1.807, 2.05) is 0 Å². The molecule has 0 fully saturated rings. The molecule has 3 N–H and O–H groups in total. The number of halogens is 1. The summed E-state index contributed by atoms with van der Waals surface area (Å²) in [4.78, 5) is 29.4. The minimum absolute atomic E-state index is 0.326. The third-order valence-corrected chi connectivity index (χ3v) is 5.13. The summed E-state index contributed by atoms with van der Waals surface area (Å²) in [6.45, 7) is 5.12. The summed E-state index contributed by atoms with van der Waals surface area (Å²) < 4.78 is 14.7. The molecule has 9 heteroatoms. The van der Waals surface area contributed by atoms with Gasteiger partial charge in [0, 0.05) is 39.4 Å². The van der Waals surface area contributed by atoms with Crippen LogP contribution < -0.4 is 10.6 Å². The number of unbranched alkanes of at least 4 members (excludes halogenated alkanes) is 1. The predicted molar refractivity (Wildman–Crippen MR) is 119 cm³/mol. The molecule has 0 aromatic carbocycles. The number of aryl methyl sites for hydroxylation is 2. The molecule has 1 aromatic rings. The van der Waals surface area contributed by atoms with Crippen molar-refractivity contribution in [3.8, 4) is 0 Å².